The van der Waals surface area contributed by atoms with Gasteiger partial charge in [0.1, 0.15) is 0 Å². The molecule has 0 amide bonds. The number of halogens is 1. The molecule has 0 radical (unpaired) electrons. The Kier molecular flexibility index (Phi) is 7.44. The lowest BCUT2D eigenvalue weighted by atomic mass is 10.0. The molecule has 4 unspecified atom stereocenters. The molecule has 0 saturated heterocycles. The molecule has 1 fully saturated rings. The van der Waals surface area contributed by atoms with Crippen molar-refractivity contribution in [3.63, 3.8) is 0 Å². The molecule has 1 N–H and O–H groups in total. The van der Waals surface area contributed by atoms with Crippen molar-refractivity contribution >= 4 is 0 Å². The molecule has 0 bridgehead atoms. The molecule has 2 rings (SSSR count). The third kappa shape index (κ3) is 5.20. The maximum Gasteiger partial charge on any atom is 0.0897 e. The summed E-state index contributed by atoms with van der Waals surface area (Å²) in [4.78, 5) is 0. The minimum Gasteiger partial charge on any atom is -0.382 e. The Balaban J connectivity index is 1.88. The Morgan fingerprint density at radius 1 is 1.23 bits per heavy atom. The fraction of sp³-hybridized carbons (Fsp3) is 0.417. The van der Waals surface area contributed by atoms with Crippen molar-refractivity contribution < 1.29 is 4.39 Å². The highest BCUT2D eigenvalue weighted by Crippen LogP contribution is 2.56. The molecule has 1 nitrogen and oxygen atoms in total. The first-order chi connectivity index (χ1) is 12.5. The molecule has 1 aromatic rings. The van der Waals surface area contributed by atoms with E-state index < -0.39 is 0 Å². The summed E-state index contributed by atoms with van der Waals surface area (Å²) >= 11 is 0. The standard InChI is InChI=1S/C24H32FN/c1-6-21(11-10-16-25)15-14-17(2)19(4)26-20(5)23-18(3)24(23)22-12-8-7-9-13-22/h6-9,12-15,18-19,23-24,26H,2,5,10-11,16H2,1,3-4H3/b15-14-,21-6-. The topological polar surface area (TPSA) is 12.0 Å². The zero-order chi connectivity index (χ0) is 19.1. The van der Waals surface area contributed by atoms with E-state index in [4.69, 9.17) is 0 Å². The van der Waals surface area contributed by atoms with Gasteiger partial charge in [-0.05, 0) is 49.7 Å². The van der Waals surface area contributed by atoms with Crippen molar-refractivity contribution in [3.8, 4) is 0 Å². The molecule has 1 aliphatic rings. The molecule has 1 saturated carbocycles. The summed E-state index contributed by atoms with van der Waals surface area (Å²) in [6, 6.07) is 10.8. The second-order valence-corrected chi connectivity index (χ2v) is 7.28. The van der Waals surface area contributed by atoms with Gasteiger partial charge in [0.05, 0.1) is 6.67 Å². The molecule has 0 aliphatic heterocycles. The van der Waals surface area contributed by atoms with Crippen LogP contribution in [0.5, 0.6) is 0 Å². The number of allylic oxidation sites excluding steroid dienone is 4. The highest BCUT2D eigenvalue weighted by molar-refractivity contribution is 5.34. The van der Waals surface area contributed by atoms with E-state index in [1.165, 1.54) is 5.56 Å². The van der Waals surface area contributed by atoms with Crippen LogP contribution < -0.4 is 5.32 Å². The zero-order valence-corrected chi connectivity index (χ0v) is 16.3. The van der Waals surface area contributed by atoms with Crippen LogP contribution in [0.2, 0.25) is 0 Å². The SMILES string of the molecule is C=C(/C=C\C(=C/C)CCCF)C(C)NC(=C)C1C(C)C1c1ccccc1. The first kappa shape index (κ1) is 20.2. The van der Waals surface area contributed by atoms with E-state index in [2.05, 4.69) is 62.7 Å². The maximum absolute atomic E-state index is 12.3. The Hall–Kier alpha value is -2.09. The van der Waals surface area contributed by atoms with Crippen molar-refractivity contribution in [2.24, 2.45) is 11.8 Å². The van der Waals surface area contributed by atoms with Gasteiger partial charge in [-0.1, -0.05) is 74.2 Å². The fourth-order valence-corrected chi connectivity index (χ4v) is 3.60. The lowest BCUT2D eigenvalue weighted by Gasteiger charge is -2.18. The van der Waals surface area contributed by atoms with Crippen molar-refractivity contribution in [2.75, 3.05) is 6.67 Å². The second-order valence-electron chi connectivity index (χ2n) is 7.28. The van der Waals surface area contributed by atoms with E-state index in [0.717, 1.165) is 23.3 Å². The Morgan fingerprint density at radius 3 is 2.54 bits per heavy atom. The summed E-state index contributed by atoms with van der Waals surface area (Å²) < 4.78 is 12.3. The molecule has 2 heteroatoms. The Morgan fingerprint density at radius 2 is 1.92 bits per heavy atom. The number of rotatable bonds is 10. The van der Waals surface area contributed by atoms with Gasteiger partial charge in [0.25, 0.3) is 0 Å². The van der Waals surface area contributed by atoms with Gasteiger partial charge in [-0.2, -0.15) is 0 Å². The van der Waals surface area contributed by atoms with Gasteiger partial charge in [-0.15, -0.1) is 0 Å². The van der Waals surface area contributed by atoms with E-state index >= 15 is 0 Å². The Bertz CT molecular complexity index is 671. The number of benzene rings is 1. The van der Waals surface area contributed by atoms with E-state index in [0.29, 0.717) is 24.2 Å². The van der Waals surface area contributed by atoms with Gasteiger partial charge < -0.3 is 5.32 Å². The molecule has 140 valence electrons. The quantitative estimate of drug-likeness (QED) is 0.484. The van der Waals surface area contributed by atoms with E-state index in [1.807, 2.05) is 25.2 Å². The van der Waals surface area contributed by atoms with Crippen molar-refractivity contribution in [1.29, 1.82) is 0 Å². The van der Waals surface area contributed by atoms with Crippen LogP contribution in [0.4, 0.5) is 4.39 Å². The molecule has 4 atom stereocenters. The van der Waals surface area contributed by atoms with E-state index in [9.17, 15) is 4.39 Å². The minimum absolute atomic E-state index is 0.127. The molecule has 0 aromatic heterocycles. The fourth-order valence-electron chi connectivity index (χ4n) is 3.60. The first-order valence-corrected chi connectivity index (χ1v) is 9.57. The number of alkyl halides is 1. The normalized spacial score (nSPS) is 23.7. The lowest BCUT2D eigenvalue weighted by Crippen LogP contribution is -2.27. The van der Waals surface area contributed by atoms with Crippen LogP contribution in [0.25, 0.3) is 0 Å². The van der Waals surface area contributed by atoms with Gasteiger partial charge in [-0.25, -0.2) is 0 Å². The van der Waals surface area contributed by atoms with E-state index in [-0.39, 0.29) is 12.7 Å². The molecular formula is C24H32FN. The van der Waals surface area contributed by atoms with Gasteiger partial charge >= 0.3 is 0 Å². The van der Waals surface area contributed by atoms with Crippen molar-refractivity contribution in [1.82, 2.24) is 5.32 Å². The molecule has 1 aliphatic carbocycles. The second kappa shape index (κ2) is 9.56. The van der Waals surface area contributed by atoms with Crippen molar-refractivity contribution in [2.45, 2.75) is 45.6 Å². The smallest absolute Gasteiger partial charge is 0.0897 e. The largest absolute Gasteiger partial charge is 0.382 e. The predicted octanol–water partition coefficient (Wildman–Crippen LogP) is 6.34. The number of nitrogens with one attached hydrogen (secondary N) is 1. The van der Waals surface area contributed by atoms with Crippen LogP contribution >= 0.6 is 0 Å². The van der Waals surface area contributed by atoms with Gasteiger partial charge in [0, 0.05) is 17.7 Å². The summed E-state index contributed by atoms with van der Waals surface area (Å²) in [5, 5.41) is 3.53. The summed E-state index contributed by atoms with van der Waals surface area (Å²) in [5.41, 5.74) is 4.65. The summed E-state index contributed by atoms with van der Waals surface area (Å²) in [7, 11) is 0. The van der Waals surface area contributed by atoms with Gasteiger partial charge in [-0.3, -0.25) is 4.39 Å². The third-order valence-corrected chi connectivity index (χ3v) is 5.41. The highest BCUT2D eigenvalue weighted by Gasteiger charge is 2.49. The molecule has 1 aromatic carbocycles. The average Bonchev–Trinajstić information content (AvgIpc) is 3.33. The molecular weight excluding hydrogens is 321 g/mol. The van der Waals surface area contributed by atoms with Crippen molar-refractivity contribution in [3.05, 3.63) is 84.1 Å². The Labute approximate surface area is 158 Å². The first-order valence-electron chi connectivity index (χ1n) is 9.57. The monoisotopic (exact) mass is 353 g/mol. The summed E-state index contributed by atoms with van der Waals surface area (Å²) in [6.45, 7) is 14.6. The molecule has 0 spiro atoms. The highest BCUT2D eigenvalue weighted by atomic mass is 19.1. The van der Waals surface area contributed by atoms with Crippen LogP contribution in [0, 0.1) is 11.8 Å². The van der Waals surface area contributed by atoms with Crippen LogP contribution in [-0.2, 0) is 0 Å². The number of hydrogen-bond donors (Lipinski definition) is 1. The number of hydrogen-bond acceptors (Lipinski definition) is 1. The van der Waals surface area contributed by atoms with Crippen LogP contribution in [0.3, 0.4) is 0 Å². The van der Waals surface area contributed by atoms with Gasteiger partial charge in [0.15, 0.2) is 0 Å². The maximum atomic E-state index is 12.3. The average molecular weight is 354 g/mol. The lowest BCUT2D eigenvalue weighted by molar-refractivity contribution is 0.473. The van der Waals surface area contributed by atoms with Crippen LogP contribution in [0.15, 0.2) is 78.6 Å². The van der Waals surface area contributed by atoms with Crippen LogP contribution in [-0.4, -0.2) is 12.7 Å². The summed E-state index contributed by atoms with van der Waals surface area (Å²) in [5.74, 6) is 1.65. The van der Waals surface area contributed by atoms with Crippen LogP contribution in [0.1, 0.15) is 45.1 Å². The molecule has 26 heavy (non-hydrogen) atoms. The summed E-state index contributed by atoms with van der Waals surface area (Å²) in [6.07, 6.45) is 7.45. The minimum atomic E-state index is -0.272. The van der Waals surface area contributed by atoms with E-state index in [1.54, 1.807) is 0 Å². The van der Waals surface area contributed by atoms with Gasteiger partial charge in [0.2, 0.25) is 0 Å². The third-order valence-electron chi connectivity index (χ3n) is 5.41. The predicted molar refractivity (Wildman–Crippen MR) is 111 cm³/mol. The molecule has 0 heterocycles. The zero-order valence-electron chi connectivity index (χ0n) is 16.3.